The number of pyridine rings is 1. The maximum atomic E-state index is 9.64. The molecule has 1 N–H and O–H groups in total. The van der Waals surface area contributed by atoms with Crippen molar-refractivity contribution in [2.45, 2.75) is 13.8 Å². The van der Waals surface area contributed by atoms with Crippen molar-refractivity contribution >= 4 is 11.4 Å². The molecule has 0 aliphatic carbocycles. The van der Waals surface area contributed by atoms with Crippen molar-refractivity contribution in [3.05, 3.63) is 47.8 Å². The van der Waals surface area contributed by atoms with E-state index in [-0.39, 0.29) is 5.75 Å². The quantitative estimate of drug-likeness (QED) is 0.913. The Morgan fingerprint density at radius 1 is 1.32 bits per heavy atom. The summed E-state index contributed by atoms with van der Waals surface area (Å²) in [7, 11) is 0. The van der Waals surface area contributed by atoms with Crippen LogP contribution in [0, 0.1) is 18.3 Å². The van der Waals surface area contributed by atoms with E-state index in [0.29, 0.717) is 5.69 Å². The minimum Gasteiger partial charge on any atom is -0.508 e. The lowest BCUT2D eigenvalue weighted by atomic mass is 10.1. The van der Waals surface area contributed by atoms with Gasteiger partial charge >= 0.3 is 0 Å². The largest absolute Gasteiger partial charge is 0.508 e. The van der Waals surface area contributed by atoms with Crippen LogP contribution < -0.4 is 4.90 Å². The van der Waals surface area contributed by atoms with Crippen molar-refractivity contribution in [1.29, 1.82) is 5.26 Å². The van der Waals surface area contributed by atoms with E-state index in [9.17, 15) is 5.11 Å². The summed E-state index contributed by atoms with van der Waals surface area (Å²) in [6, 6.07) is 10.9. The second kappa shape index (κ2) is 5.40. The molecule has 1 aromatic heterocycles. The summed E-state index contributed by atoms with van der Waals surface area (Å²) < 4.78 is 0. The fourth-order valence-corrected chi connectivity index (χ4v) is 2.03. The molecule has 19 heavy (non-hydrogen) atoms. The third-order valence-corrected chi connectivity index (χ3v) is 2.97. The van der Waals surface area contributed by atoms with Gasteiger partial charge in [-0.25, -0.2) is 4.98 Å². The van der Waals surface area contributed by atoms with Gasteiger partial charge in [-0.15, -0.1) is 0 Å². The fourth-order valence-electron chi connectivity index (χ4n) is 2.03. The highest BCUT2D eigenvalue weighted by Gasteiger charge is 2.11. The van der Waals surface area contributed by atoms with E-state index >= 15 is 0 Å². The van der Waals surface area contributed by atoms with E-state index in [1.54, 1.807) is 24.4 Å². The summed E-state index contributed by atoms with van der Waals surface area (Å²) in [5.74, 6) is 0.230. The molecule has 0 atom stereocenters. The van der Waals surface area contributed by atoms with E-state index in [1.807, 2.05) is 36.9 Å². The molecule has 4 nitrogen and oxygen atoms in total. The lowest BCUT2D eigenvalue weighted by Gasteiger charge is -2.25. The lowest BCUT2D eigenvalue weighted by molar-refractivity contribution is 0.475. The number of anilines is 2. The normalized spacial score (nSPS) is 9.95. The molecular weight excluding hydrogens is 238 g/mol. The molecule has 2 aromatic rings. The smallest absolute Gasteiger partial charge is 0.142 e. The Morgan fingerprint density at radius 2 is 2.11 bits per heavy atom. The van der Waals surface area contributed by atoms with Crippen LogP contribution in [0.25, 0.3) is 0 Å². The van der Waals surface area contributed by atoms with Crippen LogP contribution in [0.4, 0.5) is 11.4 Å². The van der Waals surface area contributed by atoms with Crippen molar-refractivity contribution in [2.24, 2.45) is 0 Å². The second-order valence-electron chi connectivity index (χ2n) is 4.23. The molecule has 0 aliphatic heterocycles. The molecule has 0 radical (unpaired) electrons. The minimum absolute atomic E-state index is 0.230. The Morgan fingerprint density at radius 3 is 2.79 bits per heavy atom. The Kier molecular flexibility index (Phi) is 3.67. The van der Waals surface area contributed by atoms with Crippen molar-refractivity contribution in [3.8, 4) is 11.8 Å². The summed E-state index contributed by atoms with van der Waals surface area (Å²) in [5, 5.41) is 18.6. The molecule has 0 fully saturated rings. The fraction of sp³-hybridized carbons (Fsp3) is 0.200. The van der Waals surface area contributed by atoms with Crippen molar-refractivity contribution < 1.29 is 5.11 Å². The molecule has 0 aliphatic rings. The van der Waals surface area contributed by atoms with Crippen molar-refractivity contribution in [1.82, 2.24) is 4.98 Å². The Labute approximate surface area is 112 Å². The molecular formula is C15H15N3O. The number of phenols is 1. The van der Waals surface area contributed by atoms with Crippen LogP contribution in [-0.4, -0.2) is 16.6 Å². The number of hydrogen-bond donors (Lipinski definition) is 1. The number of rotatable bonds is 3. The van der Waals surface area contributed by atoms with Gasteiger partial charge in [0.25, 0.3) is 0 Å². The predicted molar refractivity (Wildman–Crippen MR) is 74.5 cm³/mol. The Balaban J connectivity index is 2.50. The highest BCUT2D eigenvalue weighted by Crippen LogP contribution is 2.30. The van der Waals surface area contributed by atoms with Crippen LogP contribution in [0.5, 0.6) is 5.75 Å². The van der Waals surface area contributed by atoms with Crippen LogP contribution >= 0.6 is 0 Å². The first-order valence-corrected chi connectivity index (χ1v) is 6.09. The van der Waals surface area contributed by atoms with E-state index in [0.717, 1.165) is 23.5 Å². The number of aromatic hydroxyl groups is 1. The third kappa shape index (κ3) is 2.66. The van der Waals surface area contributed by atoms with Gasteiger partial charge in [-0.3, -0.25) is 0 Å². The average molecular weight is 253 g/mol. The number of aromatic nitrogens is 1. The molecule has 0 saturated heterocycles. The molecule has 1 aromatic carbocycles. The molecule has 0 bridgehead atoms. The predicted octanol–water partition coefficient (Wildman–Crippen LogP) is 3.13. The highest BCUT2D eigenvalue weighted by molar-refractivity contribution is 5.68. The first kappa shape index (κ1) is 12.9. The van der Waals surface area contributed by atoms with Crippen LogP contribution in [0.1, 0.15) is 18.2 Å². The number of aryl methyl sites for hydroxylation is 1. The molecule has 0 unspecified atom stereocenters. The number of benzene rings is 1. The zero-order chi connectivity index (χ0) is 13.8. The first-order valence-electron chi connectivity index (χ1n) is 6.09. The van der Waals surface area contributed by atoms with E-state index in [1.165, 1.54) is 0 Å². The highest BCUT2D eigenvalue weighted by atomic mass is 16.3. The topological polar surface area (TPSA) is 60.2 Å². The SMILES string of the molecule is CCN(c1ccnc(C#N)c1)c1cc(O)ccc1C. The van der Waals surface area contributed by atoms with E-state index in [4.69, 9.17) is 5.26 Å². The maximum absolute atomic E-state index is 9.64. The second-order valence-corrected chi connectivity index (χ2v) is 4.23. The zero-order valence-corrected chi connectivity index (χ0v) is 11.0. The van der Waals surface area contributed by atoms with Crippen LogP contribution in [0.2, 0.25) is 0 Å². The van der Waals surface area contributed by atoms with Gasteiger partial charge in [-0.1, -0.05) is 6.07 Å². The number of hydrogen-bond acceptors (Lipinski definition) is 4. The summed E-state index contributed by atoms with van der Waals surface area (Å²) in [6.07, 6.45) is 1.62. The standard InChI is InChI=1S/C15H15N3O/c1-3-18(13-6-7-17-12(8-13)10-16)15-9-14(19)5-4-11(15)2/h4-9,19H,3H2,1-2H3. The summed E-state index contributed by atoms with van der Waals surface area (Å²) >= 11 is 0. The maximum Gasteiger partial charge on any atom is 0.142 e. The molecule has 96 valence electrons. The summed E-state index contributed by atoms with van der Waals surface area (Å²) in [5.41, 5.74) is 3.27. The van der Waals surface area contributed by atoms with Gasteiger partial charge < -0.3 is 10.0 Å². The minimum atomic E-state index is 0.230. The van der Waals surface area contributed by atoms with Gasteiger partial charge in [0, 0.05) is 30.2 Å². The summed E-state index contributed by atoms with van der Waals surface area (Å²) in [6.45, 7) is 4.75. The number of nitriles is 1. The van der Waals surface area contributed by atoms with Crippen LogP contribution in [0.15, 0.2) is 36.5 Å². The Hall–Kier alpha value is -2.54. The van der Waals surface area contributed by atoms with Gasteiger partial charge in [0.15, 0.2) is 0 Å². The van der Waals surface area contributed by atoms with Gasteiger partial charge in [-0.2, -0.15) is 5.26 Å². The summed E-state index contributed by atoms with van der Waals surface area (Å²) in [4.78, 5) is 6.01. The molecule has 0 spiro atoms. The lowest BCUT2D eigenvalue weighted by Crippen LogP contribution is -2.17. The average Bonchev–Trinajstić information content (AvgIpc) is 2.44. The number of nitrogens with zero attached hydrogens (tertiary/aromatic N) is 3. The zero-order valence-electron chi connectivity index (χ0n) is 11.0. The molecule has 4 heteroatoms. The third-order valence-electron chi connectivity index (χ3n) is 2.97. The van der Waals surface area contributed by atoms with Gasteiger partial charge in [-0.05, 0) is 37.6 Å². The molecule has 1 heterocycles. The van der Waals surface area contributed by atoms with Gasteiger partial charge in [0.05, 0.1) is 0 Å². The molecule has 0 amide bonds. The first-order chi connectivity index (χ1) is 9.15. The van der Waals surface area contributed by atoms with Crippen molar-refractivity contribution in [3.63, 3.8) is 0 Å². The van der Waals surface area contributed by atoms with Crippen molar-refractivity contribution in [2.75, 3.05) is 11.4 Å². The monoisotopic (exact) mass is 253 g/mol. The Bertz CT molecular complexity index is 632. The number of phenolic OH excluding ortho intramolecular Hbond substituents is 1. The van der Waals surface area contributed by atoms with Crippen LogP contribution in [0.3, 0.4) is 0 Å². The van der Waals surface area contributed by atoms with Gasteiger partial charge in [0.2, 0.25) is 0 Å². The molecule has 0 saturated carbocycles. The molecule has 2 rings (SSSR count). The van der Waals surface area contributed by atoms with E-state index < -0.39 is 0 Å². The van der Waals surface area contributed by atoms with Crippen LogP contribution in [-0.2, 0) is 0 Å². The van der Waals surface area contributed by atoms with Gasteiger partial charge in [0.1, 0.15) is 17.5 Å². The van der Waals surface area contributed by atoms with E-state index in [2.05, 4.69) is 4.98 Å².